The summed E-state index contributed by atoms with van der Waals surface area (Å²) in [5.74, 6) is 0. The molecule has 2 fully saturated rings. The summed E-state index contributed by atoms with van der Waals surface area (Å²) in [5, 5.41) is 9.70. The first-order valence-electron chi connectivity index (χ1n) is 6.81. The highest BCUT2D eigenvalue weighted by atomic mass is 16.5. The molecule has 4 nitrogen and oxygen atoms in total. The van der Waals surface area contributed by atoms with Crippen molar-refractivity contribution in [2.75, 3.05) is 33.5 Å². The van der Waals surface area contributed by atoms with E-state index in [1.165, 1.54) is 12.8 Å². The molecule has 4 heteroatoms. The van der Waals surface area contributed by atoms with Crippen molar-refractivity contribution in [2.45, 2.75) is 50.3 Å². The van der Waals surface area contributed by atoms with E-state index in [0.29, 0.717) is 12.1 Å². The van der Waals surface area contributed by atoms with Gasteiger partial charge in [-0.05, 0) is 32.1 Å². The molecule has 0 spiro atoms. The minimum atomic E-state index is -0.0635. The van der Waals surface area contributed by atoms with Gasteiger partial charge in [-0.1, -0.05) is 0 Å². The molecule has 0 aromatic heterocycles. The highest BCUT2D eigenvalue weighted by Crippen LogP contribution is 2.35. The standard InChI is InChI=1S/C13H25NO3/c1-16-6-2-7-17-8-5-14-11-3-4-12(14)10-13(15)9-11/h11-13,15H,2-10H2,1H3. The number of ether oxygens (including phenoxy) is 2. The SMILES string of the molecule is COCCCOCCN1C2CCC1CC(O)C2. The maximum Gasteiger partial charge on any atom is 0.0593 e. The van der Waals surface area contributed by atoms with Crippen molar-refractivity contribution in [3.63, 3.8) is 0 Å². The van der Waals surface area contributed by atoms with Gasteiger partial charge in [0, 0.05) is 39.0 Å². The first-order valence-corrected chi connectivity index (χ1v) is 6.81. The summed E-state index contributed by atoms with van der Waals surface area (Å²) in [6, 6.07) is 1.21. The van der Waals surface area contributed by atoms with Crippen molar-refractivity contribution >= 4 is 0 Å². The van der Waals surface area contributed by atoms with Gasteiger partial charge in [0.2, 0.25) is 0 Å². The van der Waals surface area contributed by atoms with Crippen LogP contribution in [-0.2, 0) is 9.47 Å². The number of aliphatic hydroxyl groups is 1. The molecule has 0 aromatic rings. The molecule has 100 valence electrons. The van der Waals surface area contributed by atoms with E-state index in [4.69, 9.17) is 9.47 Å². The molecule has 17 heavy (non-hydrogen) atoms. The summed E-state index contributed by atoms with van der Waals surface area (Å²) in [6.07, 6.45) is 5.34. The molecular weight excluding hydrogens is 218 g/mol. The van der Waals surface area contributed by atoms with E-state index in [2.05, 4.69) is 4.90 Å². The zero-order valence-corrected chi connectivity index (χ0v) is 10.8. The zero-order valence-electron chi connectivity index (χ0n) is 10.8. The molecule has 2 aliphatic rings. The van der Waals surface area contributed by atoms with Gasteiger partial charge in [0.1, 0.15) is 0 Å². The molecule has 0 aliphatic carbocycles. The van der Waals surface area contributed by atoms with Gasteiger partial charge in [-0.2, -0.15) is 0 Å². The number of methoxy groups -OCH3 is 1. The molecule has 0 aromatic carbocycles. The molecule has 2 aliphatic heterocycles. The van der Waals surface area contributed by atoms with E-state index in [0.717, 1.165) is 45.6 Å². The third-order valence-corrected chi connectivity index (χ3v) is 3.99. The Kier molecular flexibility index (Phi) is 5.22. The summed E-state index contributed by atoms with van der Waals surface area (Å²) in [4.78, 5) is 2.54. The fourth-order valence-corrected chi connectivity index (χ4v) is 3.19. The molecule has 2 bridgehead atoms. The third-order valence-electron chi connectivity index (χ3n) is 3.99. The lowest BCUT2D eigenvalue weighted by molar-refractivity contribution is 0.0132. The van der Waals surface area contributed by atoms with Crippen LogP contribution in [0.1, 0.15) is 32.1 Å². The van der Waals surface area contributed by atoms with E-state index in [-0.39, 0.29) is 6.10 Å². The van der Waals surface area contributed by atoms with Gasteiger partial charge in [0.05, 0.1) is 12.7 Å². The molecule has 2 saturated heterocycles. The smallest absolute Gasteiger partial charge is 0.0593 e. The Hall–Kier alpha value is -0.160. The lowest BCUT2D eigenvalue weighted by atomic mass is 10.0. The monoisotopic (exact) mass is 243 g/mol. The van der Waals surface area contributed by atoms with Crippen LogP contribution in [0.15, 0.2) is 0 Å². The third kappa shape index (κ3) is 3.65. The van der Waals surface area contributed by atoms with Gasteiger partial charge < -0.3 is 14.6 Å². The molecule has 2 unspecified atom stereocenters. The molecule has 2 atom stereocenters. The molecule has 0 amide bonds. The Labute approximate surface area is 104 Å². The van der Waals surface area contributed by atoms with Gasteiger partial charge in [-0.15, -0.1) is 0 Å². The Morgan fingerprint density at radius 2 is 1.82 bits per heavy atom. The van der Waals surface area contributed by atoms with Crippen molar-refractivity contribution in [2.24, 2.45) is 0 Å². The van der Waals surface area contributed by atoms with Crippen molar-refractivity contribution in [1.29, 1.82) is 0 Å². The molecular formula is C13H25NO3. The molecule has 1 N–H and O–H groups in total. The van der Waals surface area contributed by atoms with Gasteiger partial charge >= 0.3 is 0 Å². The number of hydrogen-bond acceptors (Lipinski definition) is 4. The van der Waals surface area contributed by atoms with Gasteiger partial charge in [0.25, 0.3) is 0 Å². The van der Waals surface area contributed by atoms with E-state index in [1.54, 1.807) is 7.11 Å². The first kappa shape index (κ1) is 13.3. The number of nitrogens with zero attached hydrogens (tertiary/aromatic N) is 1. The van der Waals surface area contributed by atoms with E-state index >= 15 is 0 Å². The zero-order chi connectivity index (χ0) is 12.1. The van der Waals surface area contributed by atoms with Crippen molar-refractivity contribution in [3.05, 3.63) is 0 Å². The average Bonchev–Trinajstić information content (AvgIpc) is 2.56. The summed E-state index contributed by atoms with van der Waals surface area (Å²) in [6.45, 7) is 3.41. The number of hydrogen-bond donors (Lipinski definition) is 1. The second-order valence-corrected chi connectivity index (χ2v) is 5.21. The number of piperidine rings is 1. The Bertz CT molecular complexity index is 211. The van der Waals surface area contributed by atoms with Gasteiger partial charge in [-0.3, -0.25) is 4.90 Å². The fraction of sp³-hybridized carbons (Fsp3) is 1.00. The van der Waals surface area contributed by atoms with Crippen LogP contribution < -0.4 is 0 Å². The van der Waals surface area contributed by atoms with Gasteiger partial charge in [0.15, 0.2) is 0 Å². The van der Waals surface area contributed by atoms with E-state index in [1.807, 2.05) is 0 Å². The Morgan fingerprint density at radius 3 is 2.47 bits per heavy atom. The minimum Gasteiger partial charge on any atom is -0.393 e. The summed E-state index contributed by atoms with van der Waals surface area (Å²) >= 11 is 0. The maximum atomic E-state index is 9.70. The quantitative estimate of drug-likeness (QED) is 0.678. The number of fused-ring (bicyclic) bond motifs is 2. The molecule has 2 rings (SSSR count). The van der Waals surface area contributed by atoms with Crippen LogP contribution in [0, 0.1) is 0 Å². The van der Waals surface area contributed by atoms with Crippen LogP contribution in [0.2, 0.25) is 0 Å². The predicted octanol–water partition coefficient (Wildman–Crippen LogP) is 1.03. The van der Waals surface area contributed by atoms with Crippen LogP contribution >= 0.6 is 0 Å². The Morgan fingerprint density at radius 1 is 1.12 bits per heavy atom. The van der Waals surface area contributed by atoms with Crippen molar-refractivity contribution in [1.82, 2.24) is 4.90 Å². The highest BCUT2D eigenvalue weighted by molar-refractivity contribution is 4.94. The van der Waals surface area contributed by atoms with Crippen LogP contribution in [0.4, 0.5) is 0 Å². The lowest BCUT2D eigenvalue weighted by Crippen LogP contribution is -2.46. The van der Waals surface area contributed by atoms with E-state index in [9.17, 15) is 5.11 Å². The second kappa shape index (κ2) is 6.69. The number of aliphatic hydroxyl groups excluding tert-OH is 1. The molecule has 0 saturated carbocycles. The average molecular weight is 243 g/mol. The van der Waals surface area contributed by atoms with Crippen LogP contribution in [-0.4, -0.2) is 61.7 Å². The summed E-state index contributed by atoms with van der Waals surface area (Å²) in [5.41, 5.74) is 0. The van der Waals surface area contributed by atoms with Gasteiger partial charge in [-0.25, -0.2) is 0 Å². The lowest BCUT2D eigenvalue weighted by Gasteiger charge is -2.37. The Balaban J connectivity index is 1.60. The topological polar surface area (TPSA) is 41.9 Å². The maximum absolute atomic E-state index is 9.70. The molecule has 0 radical (unpaired) electrons. The predicted molar refractivity (Wildman–Crippen MR) is 66.1 cm³/mol. The summed E-state index contributed by atoms with van der Waals surface area (Å²) < 4.78 is 10.6. The normalized spacial score (nSPS) is 33.2. The fourth-order valence-electron chi connectivity index (χ4n) is 3.19. The number of rotatable bonds is 7. The molecule has 2 heterocycles. The van der Waals surface area contributed by atoms with Crippen LogP contribution in [0.3, 0.4) is 0 Å². The van der Waals surface area contributed by atoms with E-state index < -0.39 is 0 Å². The highest BCUT2D eigenvalue weighted by Gasteiger charge is 2.39. The van der Waals surface area contributed by atoms with Crippen molar-refractivity contribution in [3.8, 4) is 0 Å². The largest absolute Gasteiger partial charge is 0.393 e. The first-order chi connectivity index (χ1) is 8.31. The second-order valence-electron chi connectivity index (χ2n) is 5.21. The van der Waals surface area contributed by atoms with Crippen LogP contribution in [0.25, 0.3) is 0 Å². The van der Waals surface area contributed by atoms with Crippen LogP contribution in [0.5, 0.6) is 0 Å². The van der Waals surface area contributed by atoms with Crippen molar-refractivity contribution < 1.29 is 14.6 Å². The minimum absolute atomic E-state index is 0.0635. The summed E-state index contributed by atoms with van der Waals surface area (Å²) in [7, 11) is 1.72.